The molecule has 1 rings (SSSR count). The highest BCUT2D eigenvalue weighted by Gasteiger charge is 2.32. The number of carboxylic acid groups (broad SMARTS) is 1. The molecule has 0 aromatic carbocycles. The summed E-state index contributed by atoms with van der Waals surface area (Å²) >= 11 is 0. The molecule has 0 aliphatic carbocycles. The number of unbranched alkanes of at least 4 members (excludes halogenated alkanes) is 1. The summed E-state index contributed by atoms with van der Waals surface area (Å²) in [4.78, 5) is 24.6. The Morgan fingerprint density at radius 2 is 1.83 bits per heavy atom. The van der Waals surface area contributed by atoms with Crippen molar-refractivity contribution in [1.82, 2.24) is 9.21 Å². The fourth-order valence-corrected chi connectivity index (χ4v) is 4.43. The first-order valence-corrected chi connectivity index (χ1v) is 9.91. The average molecular weight is 348 g/mol. The summed E-state index contributed by atoms with van der Waals surface area (Å²) in [5, 5.41) is 8.73. The van der Waals surface area contributed by atoms with Crippen molar-refractivity contribution in [2.75, 3.05) is 31.9 Å². The molecule has 8 heteroatoms. The first kappa shape index (κ1) is 19.9. The van der Waals surface area contributed by atoms with Gasteiger partial charge in [0.15, 0.2) is 0 Å². The molecule has 0 bridgehead atoms. The van der Waals surface area contributed by atoms with Crippen molar-refractivity contribution >= 4 is 21.9 Å². The van der Waals surface area contributed by atoms with E-state index in [0.717, 1.165) is 6.42 Å². The molecule has 1 N–H and O–H groups in total. The fraction of sp³-hybridized carbons (Fsp3) is 0.867. The lowest BCUT2D eigenvalue weighted by atomic mass is 9.96. The van der Waals surface area contributed by atoms with Crippen LogP contribution in [0.4, 0.5) is 0 Å². The van der Waals surface area contributed by atoms with E-state index in [-0.39, 0.29) is 30.5 Å². The second-order valence-corrected chi connectivity index (χ2v) is 7.99. The van der Waals surface area contributed by atoms with E-state index in [2.05, 4.69) is 0 Å². The van der Waals surface area contributed by atoms with Gasteiger partial charge in [-0.25, -0.2) is 12.7 Å². The number of amides is 1. The molecule has 0 aromatic rings. The van der Waals surface area contributed by atoms with Crippen molar-refractivity contribution in [3.63, 3.8) is 0 Å². The number of carbonyl (C=O) groups is 2. The number of nitrogens with zero attached hydrogens (tertiary/aromatic N) is 2. The molecular formula is C15H28N2O5S. The van der Waals surface area contributed by atoms with E-state index < -0.39 is 16.0 Å². The van der Waals surface area contributed by atoms with E-state index >= 15 is 0 Å². The second-order valence-electron chi connectivity index (χ2n) is 5.90. The summed E-state index contributed by atoms with van der Waals surface area (Å²) in [5.41, 5.74) is 0. The van der Waals surface area contributed by atoms with Crippen LogP contribution in [-0.2, 0) is 19.6 Å². The van der Waals surface area contributed by atoms with Crippen LogP contribution in [0.15, 0.2) is 0 Å². The first-order valence-electron chi connectivity index (χ1n) is 8.30. The molecule has 1 saturated heterocycles. The Labute approximate surface area is 138 Å². The minimum atomic E-state index is -3.21. The van der Waals surface area contributed by atoms with Crippen molar-refractivity contribution in [3.8, 4) is 0 Å². The van der Waals surface area contributed by atoms with Crippen LogP contribution in [-0.4, -0.2) is 66.5 Å². The number of rotatable bonds is 9. The van der Waals surface area contributed by atoms with Crippen molar-refractivity contribution in [3.05, 3.63) is 0 Å². The van der Waals surface area contributed by atoms with Crippen LogP contribution in [0.5, 0.6) is 0 Å². The van der Waals surface area contributed by atoms with Gasteiger partial charge in [-0.3, -0.25) is 9.59 Å². The van der Waals surface area contributed by atoms with E-state index in [1.807, 2.05) is 13.8 Å². The predicted molar refractivity (Wildman–Crippen MR) is 87.5 cm³/mol. The van der Waals surface area contributed by atoms with Crippen LogP contribution in [0.1, 0.15) is 46.0 Å². The number of piperidine rings is 1. The average Bonchev–Trinajstić information content (AvgIpc) is 2.53. The molecule has 23 heavy (non-hydrogen) atoms. The molecular weight excluding hydrogens is 320 g/mol. The molecule has 0 saturated carbocycles. The molecule has 7 nitrogen and oxygen atoms in total. The van der Waals surface area contributed by atoms with E-state index in [4.69, 9.17) is 5.11 Å². The molecule has 1 heterocycles. The highest BCUT2D eigenvalue weighted by Crippen LogP contribution is 2.22. The summed E-state index contributed by atoms with van der Waals surface area (Å²) in [5.74, 6) is -1.02. The van der Waals surface area contributed by atoms with Gasteiger partial charge in [0, 0.05) is 32.1 Å². The Hall–Kier alpha value is -1.15. The molecule has 0 radical (unpaired) electrons. The molecule has 0 aromatic heterocycles. The lowest BCUT2D eigenvalue weighted by molar-refractivity contribution is -0.140. The zero-order valence-electron chi connectivity index (χ0n) is 14.0. The van der Waals surface area contributed by atoms with Gasteiger partial charge in [0.25, 0.3) is 0 Å². The van der Waals surface area contributed by atoms with E-state index in [1.54, 1.807) is 4.90 Å². The van der Waals surface area contributed by atoms with Crippen molar-refractivity contribution in [2.45, 2.75) is 46.0 Å². The molecule has 134 valence electrons. The fourth-order valence-electron chi connectivity index (χ4n) is 2.75. The van der Waals surface area contributed by atoms with E-state index in [0.29, 0.717) is 38.9 Å². The molecule has 0 spiro atoms. The Morgan fingerprint density at radius 1 is 1.22 bits per heavy atom. The Kier molecular flexibility index (Phi) is 7.98. The Balaban J connectivity index is 2.54. The SMILES string of the molecule is CCCCS(=O)(=O)N1CCC(C(=O)N(CC)CCC(=O)O)CC1. The molecule has 1 aliphatic rings. The van der Waals surface area contributed by atoms with Crippen LogP contribution < -0.4 is 0 Å². The van der Waals surface area contributed by atoms with Gasteiger partial charge in [0.05, 0.1) is 12.2 Å². The molecule has 0 atom stereocenters. The topological polar surface area (TPSA) is 95.0 Å². The third kappa shape index (κ3) is 6.10. The van der Waals surface area contributed by atoms with Gasteiger partial charge in [-0.2, -0.15) is 0 Å². The largest absolute Gasteiger partial charge is 0.481 e. The van der Waals surface area contributed by atoms with Crippen LogP contribution in [0.3, 0.4) is 0 Å². The summed E-state index contributed by atoms with van der Waals surface area (Å²) in [7, 11) is -3.21. The van der Waals surface area contributed by atoms with Crippen LogP contribution in [0, 0.1) is 5.92 Å². The highest BCUT2D eigenvalue weighted by molar-refractivity contribution is 7.89. The third-order valence-corrected chi connectivity index (χ3v) is 6.20. The van der Waals surface area contributed by atoms with Crippen LogP contribution in [0.2, 0.25) is 0 Å². The molecule has 0 unspecified atom stereocenters. The van der Waals surface area contributed by atoms with Gasteiger partial charge in [-0.05, 0) is 26.2 Å². The Bertz CT molecular complexity index is 498. The summed E-state index contributed by atoms with van der Waals surface area (Å²) < 4.78 is 25.8. The van der Waals surface area contributed by atoms with Gasteiger partial charge in [-0.1, -0.05) is 13.3 Å². The molecule has 1 fully saturated rings. The van der Waals surface area contributed by atoms with Crippen LogP contribution >= 0.6 is 0 Å². The Morgan fingerprint density at radius 3 is 2.30 bits per heavy atom. The van der Waals surface area contributed by atoms with Crippen molar-refractivity contribution in [1.29, 1.82) is 0 Å². The monoisotopic (exact) mass is 348 g/mol. The number of carboxylic acids is 1. The van der Waals surface area contributed by atoms with Gasteiger partial charge in [0.1, 0.15) is 0 Å². The summed E-state index contributed by atoms with van der Waals surface area (Å²) in [6, 6.07) is 0. The van der Waals surface area contributed by atoms with E-state index in [9.17, 15) is 18.0 Å². The van der Waals surface area contributed by atoms with Crippen molar-refractivity contribution < 1.29 is 23.1 Å². The first-order chi connectivity index (χ1) is 10.8. The lowest BCUT2D eigenvalue weighted by Gasteiger charge is -2.33. The maximum absolute atomic E-state index is 12.4. The standard InChI is InChI=1S/C15H28N2O5S/c1-3-5-12-23(21,22)17-10-6-13(7-11-17)15(20)16(4-2)9-8-14(18)19/h13H,3-12H2,1-2H3,(H,18,19). The highest BCUT2D eigenvalue weighted by atomic mass is 32.2. The second kappa shape index (κ2) is 9.22. The number of sulfonamides is 1. The van der Waals surface area contributed by atoms with Crippen LogP contribution in [0.25, 0.3) is 0 Å². The molecule has 1 aliphatic heterocycles. The summed E-state index contributed by atoms with van der Waals surface area (Å²) in [6.45, 7) is 5.21. The third-order valence-electron chi connectivity index (χ3n) is 4.24. The summed E-state index contributed by atoms with van der Waals surface area (Å²) in [6.07, 6.45) is 2.44. The predicted octanol–water partition coefficient (Wildman–Crippen LogP) is 1.15. The van der Waals surface area contributed by atoms with Gasteiger partial charge in [-0.15, -0.1) is 0 Å². The number of hydrogen-bond acceptors (Lipinski definition) is 4. The zero-order valence-corrected chi connectivity index (χ0v) is 14.8. The van der Waals surface area contributed by atoms with Gasteiger partial charge in [0.2, 0.25) is 15.9 Å². The smallest absolute Gasteiger partial charge is 0.305 e. The maximum Gasteiger partial charge on any atom is 0.305 e. The van der Waals surface area contributed by atoms with Gasteiger partial charge >= 0.3 is 5.97 Å². The quantitative estimate of drug-likeness (QED) is 0.674. The molecule has 1 amide bonds. The lowest BCUT2D eigenvalue weighted by Crippen LogP contribution is -2.45. The minimum Gasteiger partial charge on any atom is -0.481 e. The number of carbonyl (C=O) groups excluding carboxylic acids is 1. The normalized spacial score (nSPS) is 17.1. The zero-order chi connectivity index (χ0) is 17.5. The number of hydrogen-bond donors (Lipinski definition) is 1. The van der Waals surface area contributed by atoms with E-state index in [1.165, 1.54) is 4.31 Å². The minimum absolute atomic E-state index is 0.0562. The van der Waals surface area contributed by atoms with Crippen molar-refractivity contribution in [2.24, 2.45) is 5.92 Å². The van der Waals surface area contributed by atoms with Gasteiger partial charge < -0.3 is 10.0 Å². The number of aliphatic carboxylic acids is 1. The maximum atomic E-state index is 12.4.